The summed E-state index contributed by atoms with van der Waals surface area (Å²) in [6, 6.07) is 0. The Labute approximate surface area is 73.6 Å². The fraction of sp³-hybridized carbons (Fsp3) is 0.429. The lowest BCUT2D eigenvalue weighted by molar-refractivity contribution is 0.872. The second-order valence-corrected chi connectivity index (χ2v) is 2.83. The fourth-order valence-corrected chi connectivity index (χ4v) is 1.22. The molecule has 0 aromatic carbocycles. The smallest absolute Gasteiger partial charge is 0.297 e. The van der Waals surface area contributed by atoms with Gasteiger partial charge < -0.3 is 0 Å². The first kappa shape index (κ1) is 9.06. The van der Waals surface area contributed by atoms with Gasteiger partial charge >= 0.3 is 5.69 Å². The highest BCUT2D eigenvalue weighted by atomic mass is 35.5. The van der Waals surface area contributed by atoms with Gasteiger partial charge in [0.05, 0.1) is 5.56 Å². The molecule has 1 aromatic heterocycles. The van der Waals surface area contributed by atoms with Crippen LogP contribution in [0.15, 0.2) is 9.59 Å². The highest BCUT2D eigenvalue weighted by Crippen LogP contribution is 2.06. The summed E-state index contributed by atoms with van der Waals surface area (Å²) in [6.45, 7) is 1.93. The van der Waals surface area contributed by atoms with Crippen LogP contribution in [0, 0.1) is 0 Å². The number of nitrogens with one attached hydrogen (secondary N) is 2. The Hall–Kier alpha value is -1.03. The van der Waals surface area contributed by atoms with Gasteiger partial charge in [-0.3, -0.25) is 14.8 Å². The SMILES string of the molecule is CCCc1c(Cl)[nH]c(=O)[nH]c1=O. The van der Waals surface area contributed by atoms with E-state index in [0.717, 1.165) is 6.42 Å². The summed E-state index contributed by atoms with van der Waals surface area (Å²) in [4.78, 5) is 26.2. The maximum atomic E-state index is 11.1. The molecule has 0 aliphatic carbocycles. The molecule has 0 bridgehead atoms. The van der Waals surface area contributed by atoms with E-state index in [-0.39, 0.29) is 5.15 Å². The van der Waals surface area contributed by atoms with Gasteiger partial charge in [0, 0.05) is 0 Å². The molecular formula is C7H9ClN2O2. The van der Waals surface area contributed by atoms with Crippen LogP contribution >= 0.6 is 11.6 Å². The van der Waals surface area contributed by atoms with Gasteiger partial charge in [0.25, 0.3) is 5.56 Å². The predicted octanol–water partition coefficient (Wildman–Crippen LogP) is 0.669. The van der Waals surface area contributed by atoms with Crippen LogP contribution in [-0.2, 0) is 6.42 Å². The van der Waals surface area contributed by atoms with Crippen LogP contribution in [0.2, 0.25) is 5.15 Å². The summed E-state index contributed by atoms with van der Waals surface area (Å²) in [5.74, 6) is 0. The Morgan fingerprint density at radius 3 is 2.50 bits per heavy atom. The van der Waals surface area contributed by atoms with Crippen molar-refractivity contribution in [2.75, 3.05) is 0 Å². The first-order valence-electron chi connectivity index (χ1n) is 3.66. The third-order valence-electron chi connectivity index (χ3n) is 1.49. The van der Waals surface area contributed by atoms with E-state index in [4.69, 9.17) is 11.6 Å². The van der Waals surface area contributed by atoms with E-state index in [2.05, 4.69) is 9.97 Å². The van der Waals surface area contributed by atoms with Crippen molar-refractivity contribution in [3.05, 3.63) is 31.6 Å². The number of H-pyrrole nitrogens is 2. The molecule has 1 heterocycles. The molecule has 0 spiro atoms. The zero-order chi connectivity index (χ0) is 9.14. The molecule has 0 amide bonds. The van der Waals surface area contributed by atoms with Crippen LogP contribution in [-0.4, -0.2) is 9.97 Å². The molecule has 4 nitrogen and oxygen atoms in total. The summed E-state index contributed by atoms with van der Waals surface area (Å²) in [5.41, 5.74) is -0.519. The number of hydrogen-bond donors (Lipinski definition) is 2. The molecule has 12 heavy (non-hydrogen) atoms. The van der Waals surface area contributed by atoms with E-state index in [1.54, 1.807) is 0 Å². The van der Waals surface area contributed by atoms with Gasteiger partial charge in [0.1, 0.15) is 5.15 Å². The average Bonchev–Trinajstić information content (AvgIpc) is 1.96. The molecule has 0 saturated carbocycles. The standard InChI is InChI=1S/C7H9ClN2O2/c1-2-3-4-5(8)9-7(12)10-6(4)11/h2-3H2,1H3,(H2,9,10,11,12). The van der Waals surface area contributed by atoms with Gasteiger partial charge in [-0.25, -0.2) is 4.79 Å². The van der Waals surface area contributed by atoms with Gasteiger partial charge in [-0.1, -0.05) is 24.9 Å². The van der Waals surface area contributed by atoms with Crippen LogP contribution < -0.4 is 11.2 Å². The molecule has 0 atom stereocenters. The van der Waals surface area contributed by atoms with E-state index in [0.29, 0.717) is 12.0 Å². The lowest BCUT2D eigenvalue weighted by Gasteiger charge is -1.98. The molecule has 0 fully saturated rings. The van der Waals surface area contributed by atoms with E-state index in [1.165, 1.54) is 0 Å². The molecule has 2 N–H and O–H groups in total. The number of halogens is 1. The molecule has 5 heteroatoms. The Balaban J connectivity index is 3.29. The van der Waals surface area contributed by atoms with Crippen LogP contribution in [0.3, 0.4) is 0 Å². The van der Waals surface area contributed by atoms with Gasteiger partial charge in [-0.15, -0.1) is 0 Å². The van der Waals surface area contributed by atoms with Crippen molar-refractivity contribution in [3.8, 4) is 0 Å². The number of hydrogen-bond acceptors (Lipinski definition) is 2. The average molecular weight is 189 g/mol. The minimum atomic E-state index is -0.565. The van der Waals surface area contributed by atoms with E-state index >= 15 is 0 Å². The number of aromatic amines is 2. The molecule has 0 radical (unpaired) electrons. The second-order valence-electron chi connectivity index (χ2n) is 2.45. The summed E-state index contributed by atoms with van der Waals surface area (Å²) in [7, 11) is 0. The van der Waals surface area contributed by atoms with E-state index < -0.39 is 11.2 Å². The Bertz CT molecular complexity index is 380. The first-order chi connectivity index (χ1) is 5.65. The van der Waals surface area contributed by atoms with Crippen molar-refractivity contribution in [2.45, 2.75) is 19.8 Å². The number of rotatable bonds is 2. The third kappa shape index (κ3) is 1.76. The van der Waals surface area contributed by atoms with Gasteiger partial charge in [0.2, 0.25) is 0 Å². The van der Waals surface area contributed by atoms with Crippen LogP contribution in [0.4, 0.5) is 0 Å². The highest BCUT2D eigenvalue weighted by molar-refractivity contribution is 6.30. The largest absolute Gasteiger partial charge is 0.326 e. The van der Waals surface area contributed by atoms with Gasteiger partial charge in [-0.2, -0.15) is 0 Å². The van der Waals surface area contributed by atoms with E-state index in [9.17, 15) is 9.59 Å². The highest BCUT2D eigenvalue weighted by Gasteiger charge is 2.04. The molecule has 1 rings (SSSR count). The maximum absolute atomic E-state index is 11.1. The monoisotopic (exact) mass is 188 g/mol. The quantitative estimate of drug-likeness (QED) is 0.670. The molecule has 1 aromatic rings. The van der Waals surface area contributed by atoms with Crippen LogP contribution in [0.25, 0.3) is 0 Å². The molecular weight excluding hydrogens is 180 g/mol. The zero-order valence-electron chi connectivity index (χ0n) is 6.61. The summed E-state index contributed by atoms with van der Waals surface area (Å²) in [6.07, 6.45) is 1.39. The summed E-state index contributed by atoms with van der Waals surface area (Å²) in [5, 5.41) is 0.144. The lowest BCUT2D eigenvalue weighted by Crippen LogP contribution is -2.25. The summed E-state index contributed by atoms with van der Waals surface area (Å²) < 4.78 is 0. The molecule has 66 valence electrons. The predicted molar refractivity (Wildman–Crippen MR) is 46.7 cm³/mol. The maximum Gasteiger partial charge on any atom is 0.326 e. The molecule has 0 unspecified atom stereocenters. The molecule has 0 aliphatic heterocycles. The minimum Gasteiger partial charge on any atom is -0.297 e. The molecule has 0 saturated heterocycles. The molecule has 0 aliphatic rings. The van der Waals surface area contributed by atoms with Crippen molar-refractivity contribution in [2.24, 2.45) is 0 Å². The van der Waals surface area contributed by atoms with Crippen molar-refractivity contribution in [3.63, 3.8) is 0 Å². The van der Waals surface area contributed by atoms with Crippen molar-refractivity contribution >= 4 is 11.6 Å². The first-order valence-corrected chi connectivity index (χ1v) is 4.04. The van der Waals surface area contributed by atoms with Gasteiger partial charge in [-0.05, 0) is 6.42 Å². The lowest BCUT2D eigenvalue weighted by atomic mass is 10.2. The van der Waals surface area contributed by atoms with Crippen LogP contribution in [0.5, 0.6) is 0 Å². The van der Waals surface area contributed by atoms with Crippen molar-refractivity contribution in [1.29, 1.82) is 0 Å². The third-order valence-corrected chi connectivity index (χ3v) is 1.81. The Kier molecular flexibility index (Phi) is 2.70. The topological polar surface area (TPSA) is 65.7 Å². The number of aromatic nitrogens is 2. The zero-order valence-corrected chi connectivity index (χ0v) is 7.36. The van der Waals surface area contributed by atoms with Crippen LogP contribution in [0.1, 0.15) is 18.9 Å². The minimum absolute atomic E-state index is 0.144. The van der Waals surface area contributed by atoms with Crippen molar-refractivity contribution < 1.29 is 0 Å². The fourth-order valence-electron chi connectivity index (χ4n) is 0.958. The summed E-state index contributed by atoms with van der Waals surface area (Å²) >= 11 is 5.64. The van der Waals surface area contributed by atoms with Crippen molar-refractivity contribution in [1.82, 2.24) is 9.97 Å². The second kappa shape index (κ2) is 3.58. The van der Waals surface area contributed by atoms with E-state index in [1.807, 2.05) is 6.92 Å². The van der Waals surface area contributed by atoms with Gasteiger partial charge in [0.15, 0.2) is 0 Å². The Morgan fingerprint density at radius 1 is 1.33 bits per heavy atom. The normalized spacial score (nSPS) is 10.2. The Morgan fingerprint density at radius 2 is 2.00 bits per heavy atom.